The molecule has 0 atom stereocenters. The molecule has 0 aliphatic heterocycles. The minimum Gasteiger partial charge on any atom is -0.477 e. The maximum atomic E-state index is 5.90. The molecule has 0 amide bonds. The zero-order valence-electron chi connectivity index (χ0n) is 14.1. The van der Waals surface area contributed by atoms with Gasteiger partial charge in [-0.25, -0.2) is 9.97 Å². The van der Waals surface area contributed by atoms with Gasteiger partial charge in [-0.1, -0.05) is 52.9 Å². The van der Waals surface area contributed by atoms with Crippen LogP contribution in [0.5, 0.6) is 5.88 Å². The van der Waals surface area contributed by atoms with E-state index in [4.69, 9.17) is 4.74 Å². The molecule has 0 spiro atoms. The Labute approximate surface area is 129 Å². The van der Waals surface area contributed by atoms with Crippen molar-refractivity contribution < 1.29 is 4.74 Å². The molecule has 21 heavy (non-hydrogen) atoms. The molecule has 0 aromatic carbocycles. The Morgan fingerprint density at radius 3 is 2.43 bits per heavy atom. The number of aromatic nitrogens is 2. The Kier molecular flexibility index (Phi) is 8.79. The summed E-state index contributed by atoms with van der Waals surface area (Å²) in [7, 11) is 0. The number of hydrogen-bond acceptors (Lipinski definition) is 4. The van der Waals surface area contributed by atoms with Crippen LogP contribution in [0.1, 0.15) is 77.7 Å². The molecule has 0 saturated heterocycles. The van der Waals surface area contributed by atoms with E-state index in [0.717, 1.165) is 36.8 Å². The summed E-state index contributed by atoms with van der Waals surface area (Å²) in [6, 6.07) is 0. The number of unbranched alkanes of at least 4 members (excludes halogenated alkanes) is 5. The zero-order chi connectivity index (χ0) is 15.5. The van der Waals surface area contributed by atoms with Crippen molar-refractivity contribution in [3.63, 3.8) is 0 Å². The first kappa shape index (κ1) is 17.7. The third-order valence-electron chi connectivity index (χ3n) is 3.51. The summed E-state index contributed by atoms with van der Waals surface area (Å²) < 4.78 is 5.90. The van der Waals surface area contributed by atoms with Crippen molar-refractivity contribution in [1.82, 2.24) is 9.97 Å². The van der Waals surface area contributed by atoms with Crippen LogP contribution in [0.3, 0.4) is 0 Å². The molecule has 1 aromatic rings. The highest BCUT2D eigenvalue weighted by atomic mass is 16.5. The van der Waals surface area contributed by atoms with E-state index in [-0.39, 0.29) is 0 Å². The summed E-state index contributed by atoms with van der Waals surface area (Å²) >= 11 is 0. The Balaban J connectivity index is 2.48. The predicted molar refractivity (Wildman–Crippen MR) is 89.2 cm³/mol. The lowest BCUT2D eigenvalue weighted by Gasteiger charge is -2.16. The van der Waals surface area contributed by atoms with Crippen molar-refractivity contribution in [2.45, 2.75) is 72.1 Å². The summed E-state index contributed by atoms with van der Waals surface area (Å²) in [5, 5.41) is 3.29. The summed E-state index contributed by atoms with van der Waals surface area (Å²) in [5.41, 5.74) is 1.09. The van der Waals surface area contributed by atoms with E-state index in [0.29, 0.717) is 5.92 Å². The van der Waals surface area contributed by atoms with Crippen LogP contribution in [-0.2, 0) is 0 Å². The van der Waals surface area contributed by atoms with Gasteiger partial charge in [-0.15, -0.1) is 0 Å². The largest absolute Gasteiger partial charge is 0.477 e. The van der Waals surface area contributed by atoms with Crippen LogP contribution in [0.2, 0.25) is 0 Å². The average Bonchev–Trinajstić information content (AvgIpc) is 2.46. The van der Waals surface area contributed by atoms with E-state index < -0.39 is 0 Å². The van der Waals surface area contributed by atoms with Gasteiger partial charge in [-0.2, -0.15) is 0 Å². The van der Waals surface area contributed by atoms with Crippen LogP contribution < -0.4 is 10.1 Å². The topological polar surface area (TPSA) is 47.0 Å². The maximum Gasteiger partial charge on any atom is 0.222 e. The van der Waals surface area contributed by atoms with Gasteiger partial charge >= 0.3 is 0 Å². The lowest BCUT2D eigenvalue weighted by atomic mass is 10.1. The van der Waals surface area contributed by atoms with Gasteiger partial charge in [0.25, 0.3) is 0 Å². The van der Waals surface area contributed by atoms with E-state index in [2.05, 4.69) is 43.0 Å². The number of anilines is 1. The fourth-order valence-electron chi connectivity index (χ4n) is 2.37. The summed E-state index contributed by atoms with van der Waals surface area (Å²) in [6.07, 6.45) is 9.20. The molecule has 0 bridgehead atoms. The second kappa shape index (κ2) is 10.4. The van der Waals surface area contributed by atoms with Crippen molar-refractivity contribution in [2.75, 3.05) is 18.5 Å². The number of hydrogen-bond donors (Lipinski definition) is 1. The SMILES string of the molecule is CCCCCCCCOc1ncnc(NCC)c1C(C)C. The van der Waals surface area contributed by atoms with Crippen molar-refractivity contribution >= 4 is 5.82 Å². The fraction of sp³-hybridized carbons (Fsp3) is 0.765. The molecule has 1 aromatic heterocycles. The van der Waals surface area contributed by atoms with Gasteiger partial charge in [-0.05, 0) is 19.3 Å². The number of nitrogens with one attached hydrogen (secondary N) is 1. The van der Waals surface area contributed by atoms with Gasteiger partial charge in [0.2, 0.25) is 5.88 Å². The fourth-order valence-corrected chi connectivity index (χ4v) is 2.37. The van der Waals surface area contributed by atoms with Crippen LogP contribution >= 0.6 is 0 Å². The van der Waals surface area contributed by atoms with Crippen LogP contribution in [0.4, 0.5) is 5.82 Å². The van der Waals surface area contributed by atoms with Crippen LogP contribution in [0.15, 0.2) is 6.33 Å². The van der Waals surface area contributed by atoms with Crippen molar-refractivity contribution in [1.29, 1.82) is 0 Å². The summed E-state index contributed by atoms with van der Waals surface area (Å²) in [4.78, 5) is 8.64. The van der Waals surface area contributed by atoms with Crippen molar-refractivity contribution in [2.24, 2.45) is 0 Å². The quantitative estimate of drug-likeness (QED) is 0.597. The molecule has 120 valence electrons. The molecule has 0 unspecified atom stereocenters. The lowest BCUT2D eigenvalue weighted by Crippen LogP contribution is -2.09. The Hall–Kier alpha value is -1.32. The molecule has 0 saturated carbocycles. The Morgan fingerprint density at radius 1 is 1.05 bits per heavy atom. The molecular formula is C17H31N3O. The first-order valence-electron chi connectivity index (χ1n) is 8.42. The molecule has 1 heterocycles. The average molecular weight is 293 g/mol. The van der Waals surface area contributed by atoms with E-state index >= 15 is 0 Å². The summed E-state index contributed by atoms with van der Waals surface area (Å²) in [6.45, 7) is 10.2. The van der Waals surface area contributed by atoms with Gasteiger partial charge in [-0.3, -0.25) is 0 Å². The highest BCUT2D eigenvalue weighted by Gasteiger charge is 2.15. The Morgan fingerprint density at radius 2 is 1.76 bits per heavy atom. The van der Waals surface area contributed by atoms with Crippen LogP contribution in [0.25, 0.3) is 0 Å². The Bertz CT molecular complexity index is 394. The number of nitrogens with zero attached hydrogens (tertiary/aromatic N) is 2. The molecule has 0 aliphatic carbocycles. The first-order chi connectivity index (χ1) is 10.2. The highest BCUT2D eigenvalue weighted by Crippen LogP contribution is 2.29. The highest BCUT2D eigenvalue weighted by molar-refractivity contribution is 5.50. The third kappa shape index (κ3) is 6.32. The molecule has 1 rings (SSSR count). The predicted octanol–water partition coefficient (Wildman–Crippen LogP) is 4.77. The second-order valence-electron chi connectivity index (χ2n) is 5.74. The number of ether oxygens (including phenoxy) is 1. The maximum absolute atomic E-state index is 5.90. The van der Waals surface area contributed by atoms with Crippen LogP contribution in [0, 0.1) is 0 Å². The van der Waals surface area contributed by atoms with Gasteiger partial charge in [0, 0.05) is 6.54 Å². The molecule has 0 aliphatic rings. The van der Waals surface area contributed by atoms with Gasteiger partial charge in [0.1, 0.15) is 12.1 Å². The van der Waals surface area contributed by atoms with Crippen LogP contribution in [-0.4, -0.2) is 23.1 Å². The molecule has 0 radical (unpaired) electrons. The van der Waals surface area contributed by atoms with E-state index in [1.165, 1.54) is 32.1 Å². The minimum absolute atomic E-state index is 0.347. The van der Waals surface area contributed by atoms with E-state index in [9.17, 15) is 0 Å². The van der Waals surface area contributed by atoms with Gasteiger partial charge < -0.3 is 10.1 Å². The normalized spacial score (nSPS) is 10.9. The number of rotatable bonds is 11. The second-order valence-corrected chi connectivity index (χ2v) is 5.74. The lowest BCUT2D eigenvalue weighted by molar-refractivity contribution is 0.288. The van der Waals surface area contributed by atoms with Crippen molar-refractivity contribution in [3.8, 4) is 5.88 Å². The standard InChI is InChI=1S/C17H31N3O/c1-5-7-8-9-10-11-12-21-17-15(14(3)4)16(18-6-2)19-13-20-17/h13-14H,5-12H2,1-4H3,(H,18,19,20). The third-order valence-corrected chi connectivity index (χ3v) is 3.51. The van der Waals surface area contributed by atoms with E-state index in [1.54, 1.807) is 6.33 Å². The smallest absolute Gasteiger partial charge is 0.222 e. The zero-order valence-corrected chi connectivity index (χ0v) is 14.1. The van der Waals surface area contributed by atoms with E-state index in [1.807, 2.05) is 0 Å². The minimum atomic E-state index is 0.347. The first-order valence-corrected chi connectivity index (χ1v) is 8.42. The molecule has 1 N–H and O–H groups in total. The molecule has 0 fully saturated rings. The molecular weight excluding hydrogens is 262 g/mol. The summed E-state index contributed by atoms with van der Waals surface area (Å²) in [5.74, 6) is 1.99. The van der Waals surface area contributed by atoms with Crippen molar-refractivity contribution in [3.05, 3.63) is 11.9 Å². The monoisotopic (exact) mass is 293 g/mol. The van der Waals surface area contributed by atoms with Gasteiger partial charge in [0.15, 0.2) is 0 Å². The molecule has 4 heteroatoms. The molecule has 4 nitrogen and oxygen atoms in total. The van der Waals surface area contributed by atoms with Gasteiger partial charge in [0.05, 0.1) is 12.2 Å².